The molecule has 0 bridgehead atoms. The van der Waals surface area contributed by atoms with Crippen molar-refractivity contribution in [1.29, 1.82) is 0 Å². The van der Waals surface area contributed by atoms with E-state index in [0.717, 1.165) is 16.3 Å². The van der Waals surface area contributed by atoms with E-state index in [0.29, 0.717) is 24.7 Å². The Morgan fingerprint density at radius 3 is 2.36 bits per heavy atom. The first-order valence-corrected chi connectivity index (χ1v) is 7.59. The summed E-state index contributed by atoms with van der Waals surface area (Å²) in [5.74, 6) is 3.12. The monoisotopic (exact) mass is 302 g/mol. The van der Waals surface area contributed by atoms with Crippen LogP contribution in [-0.4, -0.2) is 30.3 Å². The van der Waals surface area contributed by atoms with Gasteiger partial charge in [-0.2, -0.15) is 0 Å². The maximum absolute atomic E-state index is 5.57. The topological polar surface area (TPSA) is 44.2 Å². The van der Waals surface area contributed by atoms with Gasteiger partial charge in [-0.25, -0.2) is 4.98 Å². The van der Waals surface area contributed by atoms with Crippen molar-refractivity contribution in [2.45, 2.75) is 34.6 Å². The first kappa shape index (κ1) is 19.9. The van der Waals surface area contributed by atoms with E-state index in [-0.39, 0.29) is 0 Å². The third kappa shape index (κ3) is 5.01. The van der Waals surface area contributed by atoms with Gasteiger partial charge in [0.15, 0.2) is 0 Å². The lowest BCUT2D eigenvalue weighted by molar-refractivity contribution is 0.143. The molecule has 0 atom stereocenters. The van der Waals surface area contributed by atoms with Crippen LogP contribution in [0.3, 0.4) is 0 Å². The largest absolute Gasteiger partial charge is 0.474 e. The number of nitrogens with zero attached hydrogens (tertiary/aromatic N) is 2. The number of rotatable bonds is 4. The van der Waals surface area contributed by atoms with Crippen LogP contribution < -0.4 is 4.74 Å². The zero-order chi connectivity index (χ0) is 17.0. The highest BCUT2D eigenvalue weighted by molar-refractivity contribution is 5.90. The van der Waals surface area contributed by atoms with Crippen LogP contribution in [0.4, 0.5) is 0 Å². The molecule has 0 aliphatic heterocycles. The van der Waals surface area contributed by atoms with Gasteiger partial charge in [0.05, 0.1) is 12.2 Å². The summed E-state index contributed by atoms with van der Waals surface area (Å²) in [6.45, 7) is 10.9. The maximum atomic E-state index is 5.57. The maximum Gasteiger partial charge on any atom is 0.230 e. The van der Waals surface area contributed by atoms with Gasteiger partial charge in [0, 0.05) is 36.5 Å². The van der Waals surface area contributed by atoms with E-state index in [1.54, 1.807) is 25.7 Å². The van der Waals surface area contributed by atoms with Crippen LogP contribution in [0.15, 0.2) is 18.6 Å². The van der Waals surface area contributed by atoms with Gasteiger partial charge in [0.2, 0.25) is 5.88 Å². The minimum absolute atomic E-state index is 0.424. The van der Waals surface area contributed by atoms with Crippen molar-refractivity contribution < 1.29 is 9.47 Å². The highest BCUT2D eigenvalue weighted by atomic mass is 16.5. The fourth-order valence-electron chi connectivity index (χ4n) is 1.79. The summed E-state index contributed by atoms with van der Waals surface area (Å²) in [6, 6.07) is 0. The number of aryl methyl sites for hydroxylation is 1. The molecule has 120 valence electrons. The van der Waals surface area contributed by atoms with Gasteiger partial charge in [-0.3, -0.25) is 4.98 Å². The van der Waals surface area contributed by atoms with Crippen LogP contribution in [0.2, 0.25) is 0 Å². The van der Waals surface area contributed by atoms with Crippen LogP contribution in [0.5, 0.6) is 5.88 Å². The second kappa shape index (κ2) is 11.5. The Kier molecular flexibility index (Phi) is 10.4. The molecule has 0 saturated heterocycles. The molecule has 0 unspecified atom stereocenters. The van der Waals surface area contributed by atoms with Crippen molar-refractivity contribution in [2.24, 2.45) is 0 Å². The molecule has 4 heteroatoms. The molecule has 2 rings (SSSR count). The minimum atomic E-state index is 0.424. The van der Waals surface area contributed by atoms with E-state index in [1.165, 1.54) is 0 Å². The fourth-order valence-corrected chi connectivity index (χ4v) is 1.79. The van der Waals surface area contributed by atoms with Gasteiger partial charge in [0.25, 0.3) is 0 Å². The average molecular weight is 302 g/mol. The second-order valence-corrected chi connectivity index (χ2v) is 3.84. The summed E-state index contributed by atoms with van der Waals surface area (Å²) in [6.07, 6.45) is 10.8. The molecule has 4 nitrogen and oxygen atoms in total. The SMILES string of the molecule is C#Cc1c(OCCOC)ncc2cncc(C)c12.CC.CC. The van der Waals surface area contributed by atoms with E-state index in [2.05, 4.69) is 15.9 Å². The number of hydrogen-bond donors (Lipinski definition) is 0. The zero-order valence-electron chi connectivity index (χ0n) is 14.4. The van der Waals surface area contributed by atoms with Crippen molar-refractivity contribution in [2.75, 3.05) is 20.3 Å². The summed E-state index contributed by atoms with van der Waals surface area (Å²) in [5, 5.41) is 1.89. The summed E-state index contributed by atoms with van der Waals surface area (Å²) >= 11 is 0. The molecule has 0 aliphatic rings. The van der Waals surface area contributed by atoms with Crippen molar-refractivity contribution in [1.82, 2.24) is 9.97 Å². The summed E-state index contributed by atoms with van der Waals surface area (Å²) in [7, 11) is 1.62. The first-order chi connectivity index (χ1) is 10.8. The van der Waals surface area contributed by atoms with Crippen LogP contribution in [0.1, 0.15) is 38.8 Å². The molecule has 22 heavy (non-hydrogen) atoms. The number of pyridine rings is 2. The van der Waals surface area contributed by atoms with Crippen molar-refractivity contribution in [3.05, 3.63) is 29.7 Å². The van der Waals surface area contributed by atoms with E-state index < -0.39 is 0 Å². The normalized spacial score (nSPS) is 8.95. The molecule has 0 amide bonds. The number of aromatic nitrogens is 2. The molecular formula is C18H26N2O2. The Labute approximate surface area is 133 Å². The lowest BCUT2D eigenvalue weighted by atomic mass is 10.1. The molecule has 2 heterocycles. The van der Waals surface area contributed by atoms with E-state index in [4.69, 9.17) is 15.9 Å². The summed E-state index contributed by atoms with van der Waals surface area (Å²) < 4.78 is 10.5. The fraction of sp³-hybridized carbons (Fsp3) is 0.444. The van der Waals surface area contributed by atoms with E-state index in [1.807, 2.05) is 34.6 Å². The Balaban J connectivity index is 0.00000102. The van der Waals surface area contributed by atoms with Crippen LogP contribution >= 0.6 is 0 Å². The minimum Gasteiger partial charge on any atom is -0.474 e. The van der Waals surface area contributed by atoms with Crippen LogP contribution in [0.25, 0.3) is 10.8 Å². The van der Waals surface area contributed by atoms with Gasteiger partial charge < -0.3 is 9.47 Å². The van der Waals surface area contributed by atoms with E-state index in [9.17, 15) is 0 Å². The predicted octanol–water partition coefficient (Wildman–Crippen LogP) is 4.00. The van der Waals surface area contributed by atoms with Crippen LogP contribution in [0, 0.1) is 19.3 Å². The van der Waals surface area contributed by atoms with E-state index >= 15 is 0 Å². The second-order valence-electron chi connectivity index (χ2n) is 3.84. The van der Waals surface area contributed by atoms with Gasteiger partial charge in [-0.1, -0.05) is 33.6 Å². The van der Waals surface area contributed by atoms with Gasteiger partial charge >= 0.3 is 0 Å². The Morgan fingerprint density at radius 2 is 1.77 bits per heavy atom. The lowest BCUT2D eigenvalue weighted by Gasteiger charge is -2.10. The van der Waals surface area contributed by atoms with Gasteiger partial charge in [-0.05, 0) is 12.5 Å². The van der Waals surface area contributed by atoms with Gasteiger partial charge in [0.1, 0.15) is 6.61 Å². The molecule has 0 aliphatic carbocycles. The smallest absolute Gasteiger partial charge is 0.230 e. The highest BCUT2D eigenvalue weighted by Crippen LogP contribution is 2.26. The number of fused-ring (bicyclic) bond motifs is 1. The highest BCUT2D eigenvalue weighted by Gasteiger charge is 2.10. The molecule has 0 spiro atoms. The Morgan fingerprint density at radius 1 is 1.09 bits per heavy atom. The molecule has 0 saturated carbocycles. The number of ether oxygens (including phenoxy) is 2. The molecule has 0 N–H and O–H groups in total. The standard InChI is InChI=1S/C14H14N2O2.2C2H6/c1-4-12-13-10(2)7-15-8-11(13)9-16-14(12)18-6-5-17-3;2*1-2/h1,7-9H,5-6H2,2-3H3;2*1-2H3. The number of terminal acetylenes is 1. The molecular weight excluding hydrogens is 276 g/mol. The average Bonchev–Trinajstić information content (AvgIpc) is 2.59. The van der Waals surface area contributed by atoms with Crippen molar-refractivity contribution >= 4 is 10.8 Å². The lowest BCUT2D eigenvalue weighted by Crippen LogP contribution is -2.07. The quantitative estimate of drug-likeness (QED) is 0.632. The first-order valence-electron chi connectivity index (χ1n) is 7.59. The molecule has 0 radical (unpaired) electrons. The Hall–Kier alpha value is -2.12. The molecule has 2 aromatic heterocycles. The van der Waals surface area contributed by atoms with Crippen molar-refractivity contribution in [3.8, 4) is 18.2 Å². The molecule has 0 fully saturated rings. The Bertz CT molecular complexity index is 604. The zero-order valence-corrected chi connectivity index (χ0v) is 14.4. The third-order valence-corrected chi connectivity index (χ3v) is 2.62. The molecule has 0 aromatic carbocycles. The summed E-state index contributed by atoms with van der Waals surface area (Å²) in [5.41, 5.74) is 1.68. The molecule has 2 aromatic rings. The number of hydrogen-bond acceptors (Lipinski definition) is 4. The predicted molar refractivity (Wildman–Crippen MR) is 92.3 cm³/mol. The summed E-state index contributed by atoms with van der Waals surface area (Å²) in [4.78, 5) is 8.35. The number of methoxy groups -OCH3 is 1. The van der Waals surface area contributed by atoms with Crippen LogP contribution in [-0.2, 0) is 4.74 Å². The van der Waals surface area contributed by atoms with Crippen molar-refractivity contribution in [3.63, 3.8) is 0 Å². The van der Waals surface area contributed by atoms with Gasteiger partial charge in [-0.15, -0.1) is 6.42 Å². The third-order valence-electron chi connectivity index (χ3n) is 2.62.